The number of nitrogens with zero attached hydrogens (tertiary/aromatic N) is 2. The van der Waals surface area contributed by atoms with Crippen LogP contribution < -0.4 is 10.3 Å². The van der Waals surface area contributed by atoms with Crippen molar-refractivity contribution < 1.29 is 9.59 Å². The van der Waals surface area contributed by atoms with Gasteiger partial charge < -0.3 is 0 Å². The Morgan fingerprint density at radius 1 is 1.00 bits per heavy atom. The summed E-state index contributed by atoms with van der Waals surface area (Å²) in [6.07, 6.45) is 4.59. The number of amides is 2. The topological polar surface area (TPSA) is 52.7 Å². The number of rotatable bonds is 2. The summed E-state index contributed by atoms with van der Waals surface area (Å²) in [6.45, 7) is 2.01. The molecule has 0 aromatic heterocycles. The molecule has 2 amide bonds. The second-order valence-electron chi connectivity index (χ2n) is 8.27. The van der Waals surface area contributed by atoms with Crippen LogP contribution in [0.4, 0.5) is 11.4 Å². The molecule has 2 aromatic carbocycles. The molecule has 5 nitrogen and oxygen atoms in total. The van der Waals surface area contributed by atoms with Crippen molar-refractivity contribution in [2.24, 2.45) is 5.41 Å². The molecule has 1 atom stereocenters. The van der Waals surface area contributed by atoms with Gasteiger partial charge in [0.1, 0.15) is 5.66 Å². The molecule has 6 heteroatoms. The first kappa shape index (κ1) is 17.7. The van der Waals surface area contributed by atoms with Gasteiger partial charge in [0.25, 0.3) is 5.91 Å². The lowest BCUT2D eigenvalue weighted by Gasteiger charge is -2.48. The lowest BCUT2D eigenvalue weighted by Crippen LogP contribution is -2.64. The maximum absolute atomic E-state index is 13.7. The fourth-order valence-electron chi connectivity index (χ4n) is 5.27. The van der Waals surface area contributed by atoms with Gasteiger partial charge in [0, 0.05) is 10.9 Å². The highest BCUT2D eigenvalue weighted by Gasteiger charge is 2.64. The van der Waals surface area contributed by atoms with Crippen molar-refractivity contribution in [3.05, 3.63) is 58.6 Å². The fraction of sp³-hybridized carbons (Fsp3) is 0.364. The SMILES string of the molecule is CC12CC3(CCCC3)C(=O)N1c1ccccc1C(=O)N2Nc1ccccc1Br. The highest BCUT2D eigenvalue weighted by atomic mass is 79.9. The lowest BCUT2D eigenvalue weighted by atomic mass is 9.81. The van der Waals surface area contributed by atoms with Gasteiger partial charge in [-0.1, -0.05) is 37.1 Å². The molecule has 0 bridgehead atoms. The Labute approximate surface area is 172 Å². The second kappa shape index (κ2) is 6.08. The number of hydrazine groups is 1. The van der Waals surface area contributed by atoms with E-state index in [9.17, 15) is 9.59 Å². The molecule has 2 aliphatic heterocycles. The number of hydrogen-bond acceptors (Lipinski definition) is 3. The second-order valence-corrected chi connectivity index (χ2v) is 9.13. The third-order valence-corrected chi connectivity index (χ3v) is 7.23. The highest BCUT2D eigenvalue weighted by molar-refractivity contribution is 9.10. The van der Waals surface area contributed by atoms with E-state index in [4.69, 9.17) is 0 Å². The number of para-hydroxylation sites is 2. The Balaban J connectivity index is 1.66. The smallest absolute Gasteiger partial charge is 0.276 e. The maximum atomic E-state index is 13.7. The van der Waals surface area contributed by atoms with Crippen LogP contribution in [0.3, 0.4) is 0 Å². The van der Waals surface area contributed by atoms with Gasteiger partial charge in [-0.2, -0.15) is 0 Å². The molecular weight excluding hydrogens is 418 g/mol. The van der Waals surface area contributed by atoms with Crippen molar-refractivity contribution in [2.45, 2.75) is 44.7 Å². The summed E-state index contributed by atoms with van der Waals surface area (Å²) < 4.78 is 0.872. The van der Waals surface area contributed by atoms with E-state index < -0.39 is 5.66 Å². The van der Waals surface area contributed by atoms with E-state index in [0.29, 0.717) is 12.0 Å². The first-order valence-electron chi connectivity index (χ1n) is 9.76. The van der Waals surface area contributed by atoms with E-state index in [1.165, 1.54) is 0 Å². The lowest BCUT2D eigenvalue weighted by molar-refractivity contribution is -0.125. The van der Waals surface area contributed by atoms with Crippen LogP contribution >= 0.6 is 15.9 Å². The van der Waals surface area contributed by atoms with Crippen LogP contribution in [-0.2, 0) is 4.79 Å². The van der Waals surface area contributed by atoms with E-state index in [1.807, 2.05) is 54.3 Å². The summed E-state index contributed by atoms with van der Waals surface area (Å²) in [5, 5.41) is 1.67. The molecule has 1 saturated heterocycles. The maximum Gasteiger partial charge on any atom is 0.276 e. The van der Waals surface area contributed by atoms with Crippen molar-refractivity contribution >= 4 is 39.1 Å². The quantitative estimate of drug-likeness (QED) is 0.720. The highest BCUT2D eigenvalue weighted by Crippen LogP contribution is 2.56. The Morgan fingerprint density at radius 2 is 1.68 bits per heavy atom. The number of hydrogen-bond donors (Lipinski definition) is 1. The number of benzene rings is 2. The zero-order valence-corrected chi connectivity index (χ0v) is 17.3. The van der Waals surface area contributed by atoms with Crippen LogP contribution in [0.2, 0.25) is 0 Å². The average Bonchev–Trinajstić information content (AvgIpc) is 3.24. The summed E-state index contributed by atoms with van der Waals surface area (Å²) in [4.78, 5) is 29.0. The van der Waals surface area contributed by atoms with E-state index in [-0.39, 0.29) is 17.2 Å². The van der Waals surface area contributed by atoms with E-state index in [2.05, 4.69) is 21.4 Å². The molecule has 1 saturated carbocycles. The van der Waals surface area contributed by atoms with Crippen LogP contribution in [0.15, 0.2) is 53.0 Å². The van der Waals surface area contributed by atoms with Gasteiger partial charge in [0.05, 0.1) is 22.4 Å². The van der Waals surface area contributed by atoms with Gasteiger partial charge in [0.15, 0.2) is 0 Å². The Bertz CT molecular complexity index is 985. The van der Waals surface area contributed by atoms with Crippen molar-refractivity contribution in [1.82, 2.24) is 5.01 Å². The van der Waals surface area contributed by atoms with Crippen molar-refractivity contribution in [2.75, 3.05) is 10.3 Å². The number of halogens is 1. The van der Waals surface area contributed by atoms with E-state index in [1.54, 1.807) is 11.1 Å². The normalized spacial score (nSPS) is 25.2. The third-order valence-electron chi connectivity index (χ3n) is 6.54. The van der Waals surface area contributed by atoms with Gasteiger partial charge >= 0.3 is 0 Å². The zero-order valence-electron chi connectivity index (χ0n) is 15.7. The predicted molar refractivity (Wildman–Crippen MR) is 112 cm³/mol. The standard InChI is InChI=1S/C22H22BrN3O2/c1-21-14-22(12-6-7-13-22)20(28)25(21)18-11-5-2-8-15(18)19(27)26(21)24-17-10-4-3-9-16(17)23/h2-5,8-11,24H,6-7,12-14H2,1H3. The summed E-state index contributed by atoms with van der Waals surface area (Å²) in [5.41, 5.74) is 4.30. The molecule has 144 valence electrons. The van der Waals surface area contributed by atoms with Gasteiger partial charge in [0.2, 0.25) is 5.91 Å². The van der Waals surface area contributed by atoms with Crippen LogP contribution in [0.25, 0.3) is 0 Å². The molecule has 0 radical (unpaired) electrons. The van der Waals surface area contributed by atoms with Gasteiger partial charge in [-0.15, -0.1) is 0 Å². The van der Waals surface area contributed by atoms with Crippen molar-refractivity contribution in [3.63, 3.8) is 0 Å². The molecular formula is C22H22BrN3O2. The van der Waals surface area contributed by atoms with Crippen molar-refractivity contribution in [1.29, 1.82) is 0 Å². The minimum atomic E-state index is -0.748. The predicted octanol–water partition coefficient (Wildman–Crippen LogP) is 4.95. The number of fused-ring (bicyclic) bond motifs is 3. The average molecular weight is 440 g/mol. The van der Waals surface area contributed by atoms with E-state index >= 15 is 0 Å². The summed E-state index contributed by atoms with van der Waals surface area (Å²) in [5.74, 6) is 0.0549. The molecule has 1 unspecified atom stereocenters. The molecule has 1 spiro atoms. The number of carbonyl (C=O) groups is 2. The molecule has 28 heavy (non-hydrogen) atoms. The van der Waals surface area contributed by atoms with Gasteiger partial charge in [-0.05, 0) is 60.0 Å². The monoisotopic (exact) mass is 439 g/mol. The molecule has 2 fully saturated rings. The Kier molecular flexibility index (Phi) is 3.85. The molecule has 2 aromatic rings. The summed E-state index contributed by atoms with van der Waals surface area (Å²) in [7, 11) is 0. The largest absolute Gasteiger partial charge is 0.292 e. The van der Waals surface area contributed by atoms with Crippen LogP contribution in [0.5, 0.6) is 0 Å². The van der Waals surface area contributed by atoms with Gasteiger partial charge in [-0.3, -0.25) is 19.9 Å². The first-order valence-corrected chi connectivity index (χ1v) is 10.6. The Morgan fingerprint density at radius 3 is 2.43 bits per heavy atom. The molecule has 1 N–H and O–H groups in total. The molecule has 5 rings (SSSR count). The molecule has 3 aliphatic rings. The zero-order chi connectivity index (χ0) is 19.5. The first-order chi connectivity index (χ1) is 13.5. The summed E-state index contributed by atoms with van der Waals surface area (Å²) >= 11 is 3.56. The Hall–Kier alpha value is -2.34. The van der Waals surface area contributed by atoms with E-state index in [0.717, 1.165) is 41.5 Å². The molecule has 1 aliphatic carbocycles. The molecule has 2 heterocycles. The van der Waals surface area contributed by atoms with Gasteiger partial charge in [-0.25, -0.2) is 5.01 Å². The van der Waals surface area contributed by atoms with Crippen LogP contribution in [0.1, 0.15) is 49.4 Å². The minimum absolute atomic E-state index is 0.104. The number of anilines is 2. The summed E-state index contributed by atoms with van der Waals surface area (Å²) in [6, 6.07) is 15.2. The minimum Gasteiger partial charge on any atom is -0.292 e. The van der Waals surface area contributed by atoms with Crippen LogP contribution in [-0.4, -0.2) is 22.5 Å². The number of nitrogens with one attached hydrogen (secondary N) is 1. The van der Waals surface area contributed by atoms with Crippen molar-refractivity contribution in [3.8, 4) is 0 Å². The van der Waals surface area contributed by atoms with Crippen LogP contribution in [0, 0.1) is 5.41 Å². The number of carbonyl (C=O) groups excluding carboxylic acids is 2. The third kappa shape index (κ3) is 2.30. The fourth-order valence-corrected chi connectivity index (χ4v) is 5.65.